The van der Waals surface area contributed by atoms with Crippen molar-refractivity contribution in [2.24, 2.45) is 0 Å². The summed E-state index contributed by atoms with van der Waals surface area (Å²) in [5.74, 6) is -1.77. The lowest BCUT2D eigenvalue weighted by atomic mass is 9.91. The average molecular weight is 427 g/mol. The number of likely N-dealkylation sites (N-methyl/N-ethyl adjacent to an activating group) is 1. The minimum atomic E-state index is -0.688. The summed E-state index contributed by atoms with van der Waals surface area (Å²) in [4.78, 5) is 25.9. The molecule has 1 amide bonds. The van der Waals surface area contributed by atoms with E-state index in [1.807, 2.05) is 0 Å². The molecule has 0 bridgehead atoms. The van der Waals surface area contributed by atoms with Gasteiger partial charge in [0.05, 0.1) is 11.3 Å². The summed E-state index contributed by atoms with van der Waals surface area (Å²) in [6, 6.07) is 7.68. The first kappa shape index (κ1) is 17.9. The Bertz CT molecular complexity index is 887. The summed E-state index contributed by atoms with van der Waals surface area (Å²) in [6.07, 6.45) is 0. The summed E-state index contributed by atoms with van der Waals surface area (Å²) < 4.78 is 20.5. The fourth-order valence-electron chi connectivity index (χ4n) is 2.71. The van der Waals surface area contributed by atoms with E-state index in [-0.39, 0.29) is 23.8 Å². The SMILES string of the molecule is CC(C(=O)c1cc2c(cc1F)OCC(=O)N2C)c1ccc(Br)cc1Cl. The summed E-state index contributed by atoms with van der Waals surface area (Å²) in [5.41, 5.74) is 0.873. The van der Waals surface area contributed by atoms with Gasteiger partial charge in [-0.05, 0) is 23.8 Å². The number of ether oxygens (including phenoxy) is 1. The third-order valence-corrected chi connectivity index (χ3v) is 5.04. The number of rotatable bonds is 3. The van der Waals surface area contributed by atoms with Crippen molar-refractivity contribution in [2.75, 3.05) is 18.6 Å². The van der Waals surface area contributed by atoms with E-state index in [0.29, 0.717) is 16.3 Å². The molecular formula is C18H14BrClFNO3. The molecule has 3 rings (SSSR count). The first-order valence-corrected chi connectivity index (χ1v) is 8.68. The second kappa shape index (κ2) is 6.77. The molecule has 0 radical (unpaired) electrons. The predicted octanol–water partition coefficient (Wildman–Crippen LogP) is 4.58. The predicted molar refractivity (Wildman–Crippen MR) is 97.2 cm³/mol. The Morgan fingerprint density at radius 1 is 1.36 bits per heavy atom. The lowest BCUT2D eigenvalue weighted by molar-refractivity contribution is -0.121. The fourth-order valence-corrected chi connectivity index (χ4v) is 3.55. The third-order valence-electron chi connectivity index (χ3n) is 4.22. The molecule has 7 heteroatoms. The molecule has 1 aliphatic rings. The Balaban J connectivity index is 2.01. The number of fused-ring (bicyclic) bond motifs is 1. The van der Waals surface area contributed by atoms with Gasteiger partial charge in [0.25, 0.3) is 5.91 Å². The van der Waals surface area contributed by atoms with E-state index in [4.69, 9.17) is 16.3 Å². The molecule has 0 aliphatic carbocycles. The highest BCUT2D eigenvalue weighted by Gasteiger charge is 2.28. The normalized spacial score (nSPS) is 14.8. The first-order chi connectivity index (χ1) is 11.8. The molecular weight excluding hydrogens is 413 g/mol. The Morgan fingerprint density at radius 3 is 2.76 bits per heavy atom. The van der Waals surface area contributed by atoms with Crippen LogP contribution in [0.25, 0.3) is 0 Å². The second-order valence-corrected chi connectivity index (χ2v) is 7.12. The minimum Gasteiger partial charge on any atom is -0.481 e. The van der Waals surface area contributed by atoms with Crippen LogP contribution in [0.4, 0.5) is 10.1 Å². The minimum absolute atomic E-state index is 0.101. The van der Waals surface area contributed by atoms with Crippen LogP contribution in [-0.2, 0) is 4.79 Å². The Hall–Kier alpha value is -1.92. The van der Waals surface area contributed by atoms with Crippen molar-refractivity contribution in [3.63, 3.8) is 0 Å². The number of halogens is 3. The Morgan fingerprint density at radius 2 is 2.08 bits per heavy atom. The molecule has 0 saturated heterocycles. The van der Waals surface area contributed by atoms with Crippen molar-refractivity contribution in [1.29, 1.82) is 0 Å². The number of amides is 1. The van der Waals surface area contributed by atoms with Gasteiger partial charge >= 0.3 is 0 Å². The topological polar surface area (TPSA) is 46.6 Å². The van der Waals surface area contributed by atoms with Crippen LogP contribution in [0.2, 0.25) is 5.02 Å². The van der Waals surface area contributed by atoms with E-state index in [2.05, 4.69) is 15.9 Å². The molecule has 0 N–H and O–H groups in total. The van der Waals surface area contributed by atoms with Gasteiger partial charge in [-0.15, -0.1) is 0 Å². The molecule has 1 unspecified atom stereocenters. The largest absolute Gasteiger partial charge is 0.481 e. The van der Waals surface area contributed by atoms with Crippen molar-refractivity contribution >= 4 is 44.9 Å². The van der Waals surface area contributed by atoms with E-state index >= 15 is 0 Å². The zero-order chi connectivity index (χ0) is 18.3. The number of carbonyl (C=O) groups is 2. The standard InChI is InChI=1S/C18H14BrClFNO3/c1-9(11-4-3-10(19)5-13(11)20)18(24)12-6-15-16(7-14(12)21)25-8-17(23)22(15)2/h3-7,9H,8H2,1-2H3. The maximum atomic E-state index is 14.4. The van der Waals surface area contributed by atoms with Gasteiger partial charge in [0.15, 0.2) is 12.4 Å². The van der Waals surface area contributed by atoms with Gasteiger partial charge in [-0.25, -0.2) is 4.39 Å². The third kappa shape index (κ3) is 3.28. The summed E-state index contributed by atoms with van der Waals surface area (Å²) >= 11 is 9.52. The quantitative estimate of drug-likeness (QED) is 0.675. The summed E-state index contributed by atoms with van der Waals surface area (Å²) in [5, 5.41) is 0.421. The number of nitrogens with zero attached hydrogens (tertiary/aromatic N) is 1. The van der Waals surface area contributed by atoms with Crippen LogP contribution in [0.15, 0.2) is 34.8 Å². The average Bonchev–Trinajstić information content (AvgIpc) is 2.57. The van der Waals surface area contributed by atoms with E-state index in [1.54, 1.807) is 32.2 Å². The molecule has 130 valence electrons. The molecule has 1 aliphatic heterocycles. The molecule has 0 saturated carbocycles. The summed E-state index contributed by atoms with van der Waals surface area (Å²) in [6.45, 7) is 1.52. The maximum absolute atomic E-state index is 14.4. The van der Waals surface area contributed by atoms with Gasteiger partial charge in [0.1, 0.15) is 11.6 Å². The van der Waals surface area contributed by atoms with Crippen LogP contribution in [0, 0.1) is 5.82 Å². The molecule has 0 fully saturated rings. The van der Waals surface area contributed by atoms with Crippen LogP contribution in [0.1, 0.15) is 28.8 Å². The number of Topliss-reactive ketones (excluding diaryl/α,β-unsaturated/α-hetero) is 1. The smallest absolute Gasteiger partial charge is 0.264 e. The molecule has 2 aromatic carbocycles. The number of hydrogen-bond acceptors (Lipinski definition) is 3. The van der Waals surface area contributed by atoms with Crippen molar-refractivity contribution in [3.05, 3.63) is 56.8 Å². The highest BCUT2D eigenvalue weighted by atomic mass is 79.9. The van der Waals surface area contributed by atoms with Gasteiger partial charge < -0.3 is 9.64 Å². The Kier molecular flexibility index (Phi) is 4.84. The van der Waals surface area contributed by atoms with Crippen molar-refractivity contribution < 1.29 is 18.7 Å². The van der Waals surface area contributed by atoms with Gasteiger partial charge in [-0.1, -0.05) is 40.5 Å². The number of ketones is 1. The zero-order valence-corrected chi connectivity index (χ0v) is 15.8. The van der Waals surface area contributed by atoms with Crippen molar-refractivity contribution in [3.8, 4) is 5.75 Å². The number of benzene rings is 2. The Labute approximate surface area is 157 Å². The highest BCUT2D eigenvalue weighted by Crippen LogP contribution is 2.36. The molecule has 0 spiro atoms. The van der Waals surface area contributed by atoms with Gasteiger partial charge in [0.2, 0.25) is 0 Å². The monoisotopic (exact) mass is 425 g/mol. The van der Waals surface area contributed by atoms with E-state index in [1.165, 1.54) is 11.0 Å². The van der Waals surface area contributed by atoms with Gasteiger partial charge in [-0.2, -0.15) is 0 Å². The molecule has 1 heterocycles. The van der Waals surface area contributed by atoms with Crippen LogP contribution >= 0.6 is 27.5 Å². The fraction of sp³-hybridized carbons (Fsp3) is 0.222. The van der Waals surface area contributed by atoms with E-state index < -0.39 is 17.5 Å². The molecule has 0 aromatic heterocycles. The van der Waals surface area contributed by atoms with Crippen LogP contribution in [0.5, 0.6) is 5.75 Å². The zero-order valence-electron chi connectivity index (χ0n) is 13.5. The molecule has 2 aromatic rings. The number of anilines is 1. The molecule has 4 nitrogen and oxygen atoms in total. The first-order valence-electron chi connectivity index (χ1n) is 7.51. The summed E-state index contributed by atoms with van der Waals surface area (Å²) in [7, 11) is 1.56. The highest BCUT2D eigenvalue weighted by molar-refractivity contribution is 9.10. The van der Waals surface area contributed by atoms with Crippen molar-refractivity contribution in [2.45, 2.75) is 12.8 Å². The second-order valence-electron chi connectivity index (χ2n) is 5.79. The van der Waals surface area contributed by atoms with Crippen LogP contribution in [0.3, 0.4) is 0 Å². The van der Waals surface area contributed by atoms with Gasteiger partial charge in [-0.3, -0.25) is 9.59 Å². The molecule has 1 atom stereocenters. The number of carbonyl (C=O) groups excluding carboxylic acids is 2. The van der Waals surface area contributed by atoms with Gasteiger partial charge in [0, 0.05) is 28.5 Å². The lowest BCUT2D eigenvalue weighted by Gasteiger charge is -2.26. The van der Waals surface area contributed by atoms with E-state index in [9.17, 15) is 14.0 Å². The lowest BCUT2D eigenvalue weighted by Crippen LogP contribution is -2.35. The van der Waals surface area contributed by atoms with Crippen molar-refractivity contribution in [1.82, 2.24) is 0 Å². The molecule has 25 heavy (non-hydrogen) atoms. The van der Waals surface area contributed by atoms with Crippen LogP contribution < -0.4 is 9.64 Å². The van der Waals surface area contributed by atoms with E-state index in [0.717, 1.165) is 10.5 Å². The van der Waals surface area contributed by atoms with Crippen LogP contribution in [-0.4, -0.2) is 25.3 Å². The number of hydrogen-bond donors (Lipinski definition) is 0. The maximum Gasteiger partial charge on any atom is 0.264 e.